The molecule has 0 unspecified atom stereocenters. The van der Waals surface area contributed by atoms with E-state index in [1.807, 2.05) is 0 Å². The van der Waals surface area contributed by atoms with Crippen molar-refractivity contribution in [1.29, 1.82) is 0 Å². The third kappa shape index (κ3) is 19.7. The van der Waals surface area contributed by atoms with Crippen LogP contribution >= 0.6 is 0 Å². The molecule has 0 radical (unpaired) electrons. The molecule has 16 heteroatoms. The van der Waals surface area contributed by atoms with Gasteiger partial charge in [0.15, 0.2) is 0 Å². The zero-order chi connectivity index (χ0) is 30.2. The maximum atomic E-state index is 12.2. The van der Waals surface area contributed by atoms with Crippen LogP contribution in [0.25, 0.3) is 0 Å². The second-order valence-electron chi connectivity index (χ2n) is 7.19. The molecule has 44 heavy (non-hydrogen) atoms. The summed E-state index contributed by atoms with van der Waals surface area (Å²) >= 11 is 0. The van der Waals surface area contributed by atoms with Gasteiger partial charge in [-0.05, 0) is 48.5 Å². The Morgan fingerprint density at radius 1 is 0.364 bits per heavy atom. The quantitative estimate of drug-likeness (QED) is 0.216. The van der Waals surface area contributed by atoms with Crippen molar-refractivity contribution < 1.29 is 125 Å². The largest absolute Gasteiger partial charge is 1.00 e. The molecule has 0 aliphatic carbocycles. The van der Waals surface area contributed by atoms with Crippen LogP contribution in [0.15, 0.2) is 97.1 Å². The Bertz CT molecular complexity index is 1270. The van der Waals surface area contributed by atoms with Crippen molar-refractivity contribution in [1.82, 2.24) is 0 Å². The summed E-state index contributed by atoms with van der Waals surface area (Å²) in [6, 6.07) is 18.7. The molecule has 0 bridgehead atoms. The van der Waals surface area contributed by atoms with E-state index < -0.39 is 47.1 Å². The van der Waals surface area contributed by atoms with Gasteiger partial charge >= 0.3 is 68.3 Å². The van der Waals surface area contributed by atoms with E-state index in [1.165, 1.54) is 72.8 Å². The molecule has 0 saturated heterocycles. The first-order valence-electron chi connectivity index (χ1n) is 10.7. The van der Waals surface area contributed by atoms with E-state index in [-0.39, 0.29) is 90.5 Å². The summed E-state index contributed by atoms with van der Waals surface area (Å²) in [5, 5.41) is 40.3. The number of rotatable bonds is 4. The van der Waals surface area contributed by atoms with Crippen molar-refractivity contribution >= 4 is 23.9 Å². The molecule has 0 atom stereocenters. The predicted molar refractivity (Wildman–Crippen MR) is 123 cm³/mol. The maximum absolute atomic E-state index is 12.2. The van der Waals surface area contributed by atoms with E-state index in [4.69, 9.17) is 0 Å². The molecule has 0 aliphatic heterocycles. The molecule has 0 aliphatic rings. The first-order chi connectivity index (χ1) is 18.8. The topological polar surface area (TPSA) is 161 Å². The number of hydrogen-bond donors (Lipinski definition) is 0. The van der Waals surface area contributed by atoms with Gasteiger partial charge in [-0.15, -0.1) is 0 Å². The van der Waals surface area contributed by atoms with Crippen molar-refractivity contribution in [2.45, 2.75) is 0 Å². The molecule has 0 aromatic heterocycles. The van der Waals surface area contributed by atoms with Gasteiger partial charge in [0, 0.05) is 22.3 Å². The Morgan fingerprint density at radius 3 is 0.614 bits per heavy atom. The van der Waals surface area contributed by atoms with E-state index in [0.717, 1.165) is 24.3 Å². The average Bonchev–Trinajstić information content (AvgIpc) is 2.90. The fraction of sp³-hybridized carbons (Fsp3) is 0. The minimum Gasteiger partial charge on any atom is -0.545 e. The number of carboxylic acid groups (broad SMARTS) is 4. The summed E-state index contributed by atoms with van der Waals surface area (Å²) in [5.41, 5.74) is -0.556. The van der Waals surface area contributed by atoms with Gasteiger partial charge in [0.05, 0.1) is 23.9 Å². The third-order valence-corrected chi connectivity index (χ3v) is 4.24. The van der Waals surface area contributed by atoms with Gasteiger partial charge in [-0.2, -0.15) is 0 Å². The van der Waals surface area contributed by atoms with Gasteiger partial charge in [-0.3, -0.25) is 0 Å². The first-order valence-corrected chi connectivity index (χ1v) is 10.7. The van der Waals surface area contributed by atoms with Gasteiger partial charge in [-0.25, -0.2) is 17.6 Å². The van der Waals surface area contributed by atoms with Gasteiger partial charge in [0.1, 0.15) is 23.3 Å². The number of carbonyl (C=O) groups is 4. The van der Waals surface area contributed by atoms with Crippen LogP contribution in [0, 0.1) is 23.3 Å². The van der Waals surface area contributed by atoms with Gasteiger partial charge < -0.3 is 39.6 Å². The summed E-state index contributed by atoms with van der Waals surface area (Å²) in [6.07, 6.45) is 0. The smallest absolute Gasteiger partial charge is 0.545 e. The molecular weight excluding hydrogens is 794 g/mol. The summed E-state index contributed by atoms with van der Waals surface area (Å²) < 4.78 is 48.9. The second kappa shape index (κ2) is 24.9. The van der Waals surface area contributed by atoms with Crippen molar-refractivity contribution in [2.24, 2.45) is 0 Å². The molecule has 4 aromatic rings. The number of carbonyl (C=O) groups excluding carboxylic acids is 4. The summed E-state index contributed by atoms with van der Waals surface area (Å²) in [7, 11) is 0. The van der Waals surface area contributed by atoms with E-state index in [0.29, 0.717) is 0 Å². The Balaban J connectivity index is -0.000000235. The van der Waals surface area contributed by atoms with Gasteiger partial charge in [0.2, 0.25) is 0 Å². The SMILES string of the molecule is O=C([O-])c1cccc(F)c1.O=C([O-])c1cccc(F)c1.O=C([O-])c1cccc(F)c1.O=C([O-])c1cccc(F)c1.[Cu+].[Cu+].[Cu+].[Cu+]. The summed E-state index contributed by atoms with van der Waals surface area (Å²) in [4.78, 5) is 40.3. The molecule has 0 fully saturated rings. The van der Waals surface area contributed by atoms with Crippen LogP contribution in [0.5, 0.6) is 0 Å². The van der Waals surface area contributed by atoms with Crippen LogP contribution in [0.2, 0.25) is 0 Å². The number of halogens is 4. The normalized spacial score (nSPS) is 8.45. The molecule has 248 valence electrons. The molecule has 0 N–H and O–H groups in total. The summed E-state index contributed by atoms with van der Waals surface area (Å²) in [5.74, 6) is -7.72. The zero-order valence-corrected chi connectivity index (χ0v) is 25.0. The van der Waals surface area contributed by atoms with Crippen LogP contribution in [0.1, 0.15) is 41.4 Å². The van der Waals surface area contributed by atoms with Gasteiger partial charge in [0.25, 0.3) is 0 Å². The van der Waals surface area contributed by atoms with E-state index in [9.17, 15) is 57.2 Å². The Hall–Kier alpha value is -3.44. The van der Waals surface area contributed by atoms with Crippen molar-refractivity contribution in [3.63, 3.8) is 0 Å². The fourth-order valence-corrected chi connectivity index (χ4v) is 2.46. The van der Waals surface area contributed by atoms with Crippen LogP contribution in [-0.4, -0.2) is 23.9 Å². The van der Waals surface area contributed by atoms with Crippen LogP contribution in [0.3, 0.4) is 0 Å². The molecular formula is C28H16Cu4F4O8. The number of hydrogen-bond acceptors (Lipinski definition) is 8. The van der Waals surface area contributed by atoms with Crippen molar-refractivity contribution in [3.05, 3.63) is 143 Å². The van der Waals surface area contributed by atoms with Crippen molar-refractivity contribution in [2.75, 3.05) is 0 Å². The monoisotopic (exact) mass is 808 g/mol. The predicted octanol–water partition coefficient (Wildman–Crippen LogP) is 0.747. The molecule has 4 aromatic carbocycles. The van der Waals surface area contributed by atoms with Crippen LogP contribution in [0.4, 0.5) is 17.6 Å². The fourth-order valence-electron chi connectivity index (χ4n) is 2.46. The van der Waals surface area contributed by atoms with E-state index in [1.54, 1.807) is 0 Å². The standard InChI is InChI=1S/4C7H5FO2.4Cu/c4*8-6-3-1-2-5(4-6)7(9)10;;;;/h4*1-4H,(H,9,10);;;;/q;;;;4*+1/p-4. The third-order valence-electron chi connectivity index (χ3n) is 4.24. The molecule has 0 amide bonds. The van der Waals surface area contributed by atoms with Crippen LogP contribution in [-0.2, 0) is 68.3 Å². The minimum absolute atomic E-state index is 0. The number of benzene rings is 4. The van der Waals surface area contributed by atoms with Crippen molar-refractivity contribution in [3.8, 4) is 0 Å². The van der Waals surface area contributed by atoms with Crippen LogP contribution < -0.4 is 20.4 Å². The Labute approximate surface area is 290 Å². The maximum Gasteiger partial charge on any atom is 1.00 e. The Kier molecular flexibility index (Phi) is 26.9. The molecule has 0 saturated carbocycles. The molecule has 8 nitrogen and oxygen atoms in total. The van der Waals surface area contributed by atoms with Gasteiger partial charge in [-0.1, -0.05) is 48.5 Å². The first kappa shape index (κ1) is 47.5. The summed E-state index contributed by atoms with van der Waals surface area (Å²) in [6.45, 7) is 0. The molecule has 0 heterocycles. The number of aromatic carboxylic acids is 4. The molecule has 4 rings (SSSR count). The molecule has 0 spiro atoms. The minimum atomic E-state index is -1.36. The van der Waals surface area contributed by atoms with E-state index in [2.05, 4.69) is 0 Å². The average molecular weight is 811 g/mol. The Morgan fingerprint density at radius 2 is 0.523 bits per heavy atom. The second-order valence-corrected chi connectivity index (χ2v) is 7.19. The zero-order valence-electron chi connectivity index (χ0n) is 21.2. The van der Waals surface area contributed by atoms with E-state index >= 15 is 0 Å². The number of carboxylic acids is 4.